The van der Waals surface area contributed by atoms with Gasteiger partial charge in [0.05, 0.1) is 12.5 Å². The van der Waals surface area contributed by atoms with Crippen molar-refractivity contribution in [3.05, 3.63) is 71.0 Å². The Labute approximate surface area is 123 Å². The van der Waals surface area contributed by atoms with Crippen molar-refractivity contribution in [2.24, 2.45) is 0 Å². The normalized spacial score (nSPS) is 12.0. The SMILES string of the molecule is Cc1ccccc1C(O)CNC(=O)Cc1ccccc1F. The first-order valence-electron chi connectivity index (χ1n) is 6.81. The highest BCUT2D eigenvalue weighted by Crippen LogP contribution is 2.16. The zero-order valence-electron chi connectivity index (χ0n) is 11.8. The minimum absolute atomic E-state index is 0.0346. The Kier molecular flexibility index (Phi) is 5.06. The average molecular weight is 287 g/mol. The molecular formula is C17H18FNO2. The van der Waals surface area contributed by atoms with E-state index in [1.54, 1.807) is 18.2 Å². The van der Waals surface area contributed by atoms with Crippen molar-refractivity contribution in [1.82, 2.24) is 5.32 Å². The van der Waals surface area contributed by atoms with Gasteiger partial charge in [-0.3, -0.25) is 4.79 Å². The van der Waals surface area contributed by atoms with Crippen molar-refractivity contribution in [3.8, 4) is 0 Å². The van der Waals surface area contributed by atoms with Gasteiger partial charge in [0.25, 0.3) is 0 Å². The monoisotopic (exact) mass is 287 g/mol. The fourth-order valence-corrected chi connectivity index (χ4v) is 2.16. The number of aliphatic hydroxyl groups excluding tert-OH is 1. The van der Waals surface area contributed by atoms with Gasteiger partial charge in [0, 0.05) is 6.54 Å². The molecule has 2 aromatic rings. The fraction of sp³-hybridized carbons (Fsp3) is 0.235. The van der Waals surface area contributed by atoms with E-state index in [-0.39, 0.29) is 18.9 Å². The van der Waals surface area contributed by atoms with Crippen molar-refractivity contribution in [2.75, 3.05) is 6.54 Å². The van der Waals surface area contributed by atoms with Crippen LogP contribution in [0.2, 0.25) is 0 Å². The standard InChI is InChI=1S/C17H18FNO2/c1-12-6-2-4-8-14(12)16(20)11-19-17(21)10-13-7-3-5-9-15(13)18/h2-9,16,20H,10-11H2,1H3,(H,19,21). The van der Waals surface area contributed by atoms with Crippen LogP contribution in [0.1, 0.15) is 22.8 Å². The quantitative estimate of drug-likeness (QED) is 0.888. The summed E-state index contributed by atoms with van der Waals surface area (Å²) in [6.07, 6.45) is -0.802. The van der Waals surface area contributed by atoms with E-state index in [4.69, 9.17) is 0 Å². The number of carbonyl (C=O) groups is 1. The van der Waals surface area contributed by atoms with Crippen molar-refractivity contribution in [1.29, 1.82) is 0 Å². The van der Waals surface area contributed by atoms with Crippen molar-refractivity contribution in [2.45, 2.75) is 19.4 Å². The summed E-state index contributed by atoms with van der Waals surface area (Å²) in [6.45, 7) is 2.01. The molecule has 2 N–H and O–H groups in total. The van der Waals surface area contributed by atoms with Crippen LogP contribution in [0.4, 0.5) is 4.39 Å². The van der Waals surface area contributed by atoms with Crippen molar-refractivity contribution in [3.63, 3.8) is 0 Å². The van der Waals surface area contributed by atoms with E-state index >= 15 is 0 Å². The maximum Gasteiger partial charge on any atom is 0.224 e. The molecule has 0 saturated carbocycles. The first-order valence-corrected chi connectivity index (χ1v) is 6.81. The molecular weight excluding hydrogens is 269 g/mol. The highest BCUT2D eigenvalue weighted by atomic mass is 19.1. The molecule has 0 aliphatic heterocycles. The van der Waals surface area contributed by atoms with Crippen LogP contribution >= 0.6 is 0 Å². The molecule has 3 nitrogen and oxygen atoms in total. The summed E-state index contributed by atoms with van der Waals surface area (Å²) in [5.74, 6) is -0.708. The van der Waals surface area contributed by atoms with E-state index < -0.39 is 11.9 Å². The fourth-order valence-electron chi connectivity index (χ4n) is 2.16. The molecule has 0 spiro atoms. The van der Waals surface area contributed by atoms with Gasteiger partial charge in [-0.25, -0.2) is 4.39 Å². The lowest BCUT2D eigenvalue weighted by molar-refractivity contribution is -0.120. The molecule has 1 atom stereocenters. The summed E-state index contributed by atoms with van der Waals surface area (Å²) in [4.78, 5) is 11.8. The lowest BCUT2D eigenvalue weighted by Gasteiger charge is -2.14. The molecule has 0 aliphatic carbocycles. The van der Waals surface area contributed by atoms with Gasteiger partial charge in [-0.1, -0.05) is 42.5 Å². The smallest absolute Gasteiger partial charge is 0.224 e. The van der Waals surface area contributed by atoms with E-state index in [0.29, 0.717) is 5.56 Å². The lowest BCUT2D eigenvalue weighted by atomic mass is 10.0. The number of hydrogen-bond donors (Lipinski definition) is 2. The summed E-state index contributed by atoms with van der Waals surface area (Å²) in [7, 11) is 0. The van der Waals surface area contributed by atoms with Gasteiger partial charge >= 0.3 is 0 Å². The van der Waals surface area contributed by atoms with E-state index in [2.05, 4.69) is 5.32 Å². The zero-order chi connectivity index (χ0) is 15.2. The maximum atomic E-state index is 13.4. The molecule has 0 radical (unpaired) electrons. The molecule has 2 aromatic carbocycles. The minimum atomic E-state index is -0.768. The molecule has 2 rings (SSSR count). The summed E-state index contributed by atoms with van der Waals surface area (Å²) >= 11 is 0. The second-order valence-corrected chi connectivity index (χ2v) is 4.94. The summed E-state index contributed by atoms with van der Waals surface area (Å²) in [5, 5.41) is 12.7. The Morgan fingerprint density at radius 2 is 1.86 bits per heavy atom. The summed E-state index contributed by atoms with van der Waals surface area (Å²) in [5.41, 5.74) is 2.09. The first-order chi connectivity index (χ1) is 10.1. The van der Waals surface area contributed by atoms with Crippen molar-refractivity contribution < 1.29 is 14.3 Å². The summed E-state index contributed by atoms with van der Waals surface area (Å²) in [6, 6.07) is 13.6. The largest absolute Gasteiger partial charge is 0.387 e. The van der Waals surface area contributed by atoms with Crippen LogP contribution in [-0.4, -0.2) is 17.6 Å². The maximum absolute atomic E-state index is 13.4. The topological polar surface area (TPSA) is 49.3 Å². The first kappa shape index (κ1) is 15.2. The Morgan fingerprint density at radius 3 is 2.57 bits per heavy atom. The van der Waals surface area contributed by atoms with Crippen LogP contribution in [0.25, 0.3) is 0 Å². The van der Waals surface area contributed by atoms with Crippen LogP contribution in [0, 0.1) is 12.7 Å². The van der Waals surface area contributed by atoms with Crippen LogP contribution in [-0.2, 0) is 11.2 Å². The predicted molar refractivity (Wildman–Crippen MR) is 79.3 cm³/mol. The number of nitrogens with one attached hydrogen (secondary N) is 1. The Bertz CT molecular complexity index is 628. The van der Waals surface area contributed by atoms with Gasteiger partial charge in [-0.05, 0) is 29.7 Å². The molecule has 0 aromatic heterocycles. The van der Waals surface area contributed by atoms with Gasteiger partial charge in [-0.15, -0.1) is 0 Å². The molecule has 21 heavy (non-hydrogen) atoms. The number of amides is 1. The van der Waals surface area contributed by atoms with E-state index in [9.17, 15) is 14.3 Å². The molecule has 1 amide bonds. The molecule has 4 heteroatoms. The van der Waals surface area contributed by atoms with Gasteiger partial charge in [0.2, 0.25) is 5.91 Å². The highest BCUT2D eigenvalue weighted by molar-refractivity contribution is 5.78. The number of rotatable bonds is 5. The third-order valence-corrected chi connectivity index (χ3v) is 3.35. The number of aliphatic hydroxyl groups is 1. The number of benzene rings is 2. The molecule has 0 saturated heterocycles. The summed E-state index contributed by atoms with van der Waals surface area (Å²) < 4.78 is 13.4. The third kappa shape index (κ3) is 4.13. The van der Waals surface area contributed by atoms with Gasteiger partial charge in [-0.2, -0.15) is 0 Å². The number of halogens is 1. The predicted octanol–water partition coefficient (Wildman–Crippen LogP) is 2.53. The third-order valence-electron chi connectivity index (χ3n) is 3.35. The molecule has 110 valence electrons. The number of carbonyl (C=O) groups excluding carboxylic acids is 1. The van der Waals surface area contributed by atoms with Crippen LogP contribution in [0.3, 0.4) is 0 Å². The van der Waals surface area contributed by atoms with Crippen molar-refractivity contribution >= 4 is 5.91 Å². The van der Waals surface area contributed by atoms with Gasteiger partial charge < -0.3 is 10.4 Å². The zero-order valence-corrected chi connectivity index (χ0v) is 11.8. The van der Waals surface area contributed by atoms with Crippen LogP contribution in [0.5, 0.6) is 0 Å². The van der Waals surface area contributed by atoms with Gasteiger partial charge in [0.15, 0.2) is 0 Å². The van der Waals surface area contributed by atoms with E-state index in [1.165, 1.54) is 6.07 Å². The lowest BCUT2D eigenvalue weighted by Crippen LogP contribution is -2.30. The van der Waals surface area contributed by atoms with Gasteiger partial charge in [0.1, 0.15) is 5.82 Å². The van der Waals surface area contributed by atoms with Crippen LogP contribution in [0.15, 0.2) is 48.5 Å². The van der Waals surface area contributed by atoms with E-state index in [0.717, 1.165) is 11.1 Å². The Morgan fingerprint density at radius 1 is 1.19 bits per heavy atom. The number of aryl methyl sites for hydroxylation is 1. The Hall–Kier alpha value is -2.20. The Balaban J connectivity index is 1.90. The average Bonchev–Trinajstić information content (AvgIpc) is 2.48. The molecule has 0 aliphatic rings. The molecule has 0 heterocycles. The highest BCUT2D eigenvalue weighted by Gasteiger charge is 2.12. The molecule has 1 unspecified atom stereocenters. The molecule has 0 fully saturated rings. The number of hydrogen-bond acceptors (Lipinski definition) is 2. The second kappa shape index (κ2) is 6.99. The molecule has 0 bridgehead atoms. The van der Waals surface area contributed by atoms with E-state index in [1.807, 2.05) is 31.2 Å². The second-order valence-electron chi connectivity index (χ2n) is 4.94. The van der Waals surface area contributed by atoms with Crippen LogP contribution < -0.4 is 5.32 Å². The minimum Gasteiger partial charge on any atom is -0.387 e.